The molecule has 0 unspecified atom stereocenters. The maximum Gasteiger partial charge on any atom is 0.255 e. The van der Waals surface area contributed by atoms with E-state index in [0.29, 0.717) is 17.8 Å². The molecule has 0 heterocycles. The second-order valence-corrected chi connectivity index (χ2v) is 9.73. The predicted molar refractivity (Wildman–Crippen MR) is 127 cm³/mol. The smallest absolute Gasteiger partial charge is 0.255 e. The first-order chi connectivity index (χ1) is 15.2. The molecule has 1 atom stereocenters. The maximum atomic E-state index is 12.7. The molecule has 0 spiro atoms. The Labute approximate surface area is 192 Å². The number of nitrogens with one attached hydrogen (secondary N) is 2. The molecule has 2 amide bonds. The van der Waals surface area contributed by atoms with E-state index in [0.717, 1.165) is 11.8 Å². The summed E-state index contributed by atoms with van der Waals surface area (Å²) in [5, 5.41) is 5.77. The maximum absolute atomic E-state index is 12.7. The average Bonchev–Trinajstić information content (AvgIpc) is 2.76. The summed E-state index contributed by atoms with van der Waals surface area (Å²) in [6.07, 6.45) is 1.72. The average molecular weight is 471 g/mol. The number of sulfone groups is 1. The van der Waals surface area contributed by atoms with E-state index in [1.165, 1.54) is 24.3 Å². The lowest BCUT2D eigenvalue weighted by Gasteiger charge is -2.16. The standard InChI is InChI=1S/C24H23ClN2O4S/c1-3-20(16-8-5-4-6-9-16)24(29)26-18-12-13-22(21(25)15-18)27-23(28)17-10-7-11-19(14-17)32(2,30)31/h4-15,20H,3H2,1-2H3,(H,26,29)(H,27,28)/t20-/m1/s1. The molecule has 0 radical (unpaired) electrons. The number of carbonyl (C=O) groups excluding carboxylic acids is 2. The van der Waals surface area contributed by atoms with Crippen molar-refractivity contribution in [3.05, 3.63) is 88.9 Å². The molecular weight excluding hydrogens is 448 g/mol. The summed E-state index contributed by atoms with van der Waals surface area (Å²) < 4.78 is 23.4. The highest BCUT2D eigenvalue weighted by Gasteiger charge is 2.19. The van der Waals surface area contributed by atoms with Crippen molar-refractivity contribution in [2.75, 3.05) is 16.9 Å². The number of benzene rings is 3. The quantitative estimate of drug-likeness (QED) is 0.500. The van der Waals surface area contributed by atoms with Crippen molar-refractivity contribution in [1.82, 2.24) is 0 Å². The number of rotatable bonds is 7. The molecule has 3 rings (SSSR count). The van der Waals surface area contributed by atoms with Crippen LogP contribution in [0.3, 0.4) is 0 Å². The molecule has 0 bridgehead atoms. The van der Waals surface area contributed by atoms with Crippen molar-refractivity contribution >= 4 is 44.6 Å². The van der Waals surface area contributed by atoms with Crippen LogP contribution >= 0.6 is 11.6 Å². The lowest BCUT2D eigenvalue weighted by Crippen LogP contribution is -2.20. The van der Waals surface area contributed by atoms with Gasteiger partial charge in [0.05, 0.1) is 21.5 Å². The Bertz CT molecular complexity index is 1240. The van der Waals surface area contributed by atoms with Crippen LogP contribution in [0.15, 0.2) is 77.7 Å². The van der Waals surface area contributed by atoms with Crippen molar-refractivity contribution in [2.45, 2.75) is 24.2 Å². The number of hydrogen-bond donors (Lipinski definition) is 2. The Morgan fingerprint density at radius 2 is 1.66 bits per heavy atom. The molecule has 0 aliphatic heterocycles. The highest BCUT2D eigenvalue weighted by Crippen LogP contribution is 2.28. The van der Waals surface area contributed by atoms with Crippen molar-refractivity contribution in [3.8, 4) is 0 Å². The fraction of sp³-hybridized carbons (Fsp3) is 0.167. The van der Waals surface area contributed by atoms with Crippen molar-refractivity contribution < 1.29 is 18.0 Å². The zero-order chi connectivity index (χ0) is 23.3. The third-order valence-corrected chi connectivity index (χ3v) is 6.36. The van der Waals surface area contributed by atoms with Crippen LogP contribution in [0.25, 0.3) is 0 Å². The van der Waals surface area contributed by atoms with Gasteiger partial charge in [-0.2, -0.15) is 0 Å². The fourth-order valence-corrected chi connectivity index (χ4v) is 4.14. The topological polar surface area (TPSA) is 92.3 Å². The zero-order valence-electron chi connectivity index (χ0n) is 17.6. The van der Waals surface area contributed by atoms with Gasteiger partial charge in [-0.1, -0.05) is 54.9 Å². The number of halogens is 1. The second-order valence-electron chi connectivity index (χ2n) is 7.31. The van der Waals surface area contributed by atoms with Crippen LogP contribution in [-0.2, 0) is 14.6 Å². The number of hydrogen-bond acceptors (Lipinski definition) is 4. The molecule has 0 saturated heterocycles. The Morgan fingerprint density at radius 3 is 2.28 bits per heavy atom. The molecule has 32 heavy (non-hydrogen) atoms. The van der Waals surface area contributed by atoms with Gasteiger partial charge in [-0.15, -0.1) is 0 Å². The van der Waals surface area contributed by atoms with E-state index in [2.05, 4.69) is 10.6 Å². The highest BCUT2D eigenvalue weighted by atomic mass is 35.5. The Morgan fingerprint density at radius 1 is 0.938 bits per heavy atom. The van der Waals surface area contributed by atoms with E-state index in [9.17, 15) is 18.0 Å². The van der Waals surface area contributed by atoms with Crippen LogP contribution in [0.1, 0.15) is 35.2 Å². The molecule has 0 aliphatic rings. The predicted octanol–water partition coefficient (Wildman–Crippen LogP) is 5.13. The van der Waals surface area contributed by atoms with Crippen LogP contribution in [-0.4, -0.2) is 26.5 Å². The molecule has 6 nitrogen and oxygen atoms in total. The van der Waals surface area contributed by atoms with Crippen LogP contribution in [0, 0.1) is 0 Å². The summed E-state index contributed by atoms with van der Waals surface area (Å²) >= 11 is 6.32. The van der Waals surface area contributed by atoms with E-state index >= 15 is 0 Å². The molecule has 3 aromatic rings. The molecule has 0 fully saturated rings. The van der Waals surface area contributed by atoms with E-state index < -0.39 is 15.7 Å². The van der Waals surface area contributed by atoms with Gasteiger partial charge in [-0.3, -0.25) is 9.59 Å². The SMILES string of the molecule is CC[C@@H](C(=O)Nc1ccc(NC(=O)c2cccc(S(C)(=O)=O)c2)c(Cl)c1)c1ccccc1. The van der Waals surface area contributed by atoms with Gasteiger partial charge in [0, 0.05) is 17.5 Å². The Balaban J connectivity index is 1.73. The number of carbonyl (C=O) groups is 2. The van der Waals surface area contributed by atoms with Crippen LogP contribution in [0.5, 0.6) is 0 Å². The summed E-state index contributed by atoms with van der Waals surface area (Å²) in [7, 11) is -3.43. The van der Waals surface area contributed by atoms with Gasteiger partial charge in [0.2, 0.25) is 5.91 Å². The summed E-state index contributed by atoms with van der Waals surface area (Å²) in [5.74, 6) is -0.940. The molecular formula is C24H23ClN2O4S. The summed E-state index contributed by atoms with van der Waals surface area (Å²) in [4.78, 5) is 25.4. The Hall–Kier alpha value is -3.16. The first-order valence-corrected chi connectivity index (χ1v) is 12.2. The molecule has 2 N–H and O–H groups in total. The molecule has 8 heteroatoms. The monoisotopic (exact) mass is 470 g/mol. The summed E-state index contributed by atoms with van der Waals surface area (Å²) in [6.45, 7) is 1.95. The Kier molecular flexibility index (Phi) is 7.33. The molecule has 166 valence electrons. The first kappa shape index (κ1) is 23.5. The van der Waals surface area contributed by atoms with Gasteiger partial charge in [-0.05, 0) is 48.4 Å². The van der Waals surface area contributed by atoms with Gasteiger partial charge in [-0.25, -0.2) is 8.42 Å². The van der Waals surface area contributed by atoms with Crippen LogP contribution < -0.4 is 10.6 Å². The van der Waals surface area contributed by atoms with Crippen molar-refractivity contribution in [3.63, 3.8) is 0 Å². The third kappa shape index (κ3) is 5.75. The van der Waals surface area contributed by atoms with Crippen LogP contribution in [0.2, 0.25) is 5.02 Å². The largest absolute Gasteiger partial charge is 0.326 e. The second kappa shape index (κ2) is 9.97. The molecule has 0 aliphatic carbocycles. The van der Waals surface area contributed by atoms with Gasteiger partial charge in [0.1, 0.15) is 0 Å². The van der Waals surface area contributed by atoms with Gasteiger partial charge in [0.15, 0.2) is 9.84 Å². The van der Waals surface area contributed by atoms with E-state index in [1.807, 2.05) is 37.3 Å². The number of anilines is 2. The van der Waals surface area contributed by atoms with Gasteiger partial charge in [0.25, 0.3) is 5.91 Å². The molecule has 0 saturated carbocycles. The normalized spacial score (nSPS) is 12.1. The van der Waals surface area contributed by atoms with E-state index in [1.54, 1.807) is 18.2 Å². The van der Waals surface area contributed by atoms with Crippen LogP contribution in [0.4, 0.5) is 11.4 Å². The number of amides is 2. The summed E-state index contributed by atoms with van der Waals surface area (Å²) in [5.41, 5.74) is 1.97. The summed E-state index contributed by atoms with van der Waals surface area (Å²) in [6, 6.07) is 20.1. The fourth-order valence-electron chi connectivity index (χ4n) is 3.24. The van der Waals surface area contributed by atoms with Gasteiger partial charge < -0.3 is 10.6 Å². The third-order valence-electron chi connectivity index (χ3n) is 4.94. The zero-order valence-corrected chi connectivity index (χ0v) is 19.2. The lowest BCUT2D eigenvalue weighted by molar-refractivity contribution is -0.117. The molecule has 3 aromatic carbocycles. The van der Waals surface area contributed by atoms with E-state index in [4.69, 9.17) is 11.6 Å². The minimum atomic E-state index is -3.43. The van der Waals surface area contributed by atoms with Crippen molar-refractivity contribution in [1.29, 1.82) is 0 Å². The minimum absolute atomic E-state index is 0.0539. The first-order valence-electron chi connectivity index (χ1n) is 9.96. The van der Waals surface area contributed by atoms with Gasteiger partial charge >= 0.3 is 0 Å². The van der Waals surface area contributed by atoms with Crippen molar-refractivity contribution in [2.24, 2.45) is 0 Å². The van der Waals surface area contributed by atoms with E-state index in [-0.39, 0.29) is 27.3 Å². The lowest BCUT2D eigenvalue weighted by atomic mass is 9.95. The highest BCUT2D eigenvalue weighted by molar-refractivity contribution is 7.90. The molecule has 0 aromatic heterocycles. The minimum Gasteiger partial charge on any atom is -0.326 e.